The van der Waals surface area contributed by atoms with E-state index in [2.05, 4.69) is 56.4 Å². The predicted molar refractivity (Wildman–Crippen MR) is 85.5 cm³/mol. The highest BCUT2D eigenvalue weighted by molar-refractivity contribution is 5.15. The number of benzene rings is 1. The van der Waals surface area contributed by atoms with Crippen LogP contribution in [-0.2, 0) is 6.42 Å². The molecule has 0 aliphatic heterocycles. The van der Waals surface area contributed by atoms with Crippen molar-refractivity contribution in [3.63, 3.8) is 0 Å². The van der Waals surface area contributed by atoms with Crippen LogP contribution in [0.25, 0.3) is 0 Å². The van der Waals surface area contributed by atoms with E-state index >= 15 is 0 Å². The van der Waals surface area contributed by atoms with Crippen LogP contribution in [0.3, 0.4) is 0 Å². The Morgan fingerprint density at radius 3 is 2.37 bits per heavy atom. The van der Waals surface area contributed by atoms with Crippen LogP contribution in [0.5, 0.6) is 0 Å². The second kappa shape index (κ2) is 10.0. The van der Waals surface area contributed by atoms with Gasteiger partial charge in [-0.2, -0.15) is 0 Å². The quantitative estimate of drug-likeness (QED) is 0.596. The lowest BCUT2D eigenvalue weighted by Crippen LogP contribution is -2.30. The Balaban J connectivity index is 2.39. The summed E-state index contributed by atoms with van der Waals surface area (Å²) in [5.41, 5.74) is 1.48. The molecule has 1 aromatic carbocycles. The summed E-state index contributed by atoms with van der Waals surface area (Å²) in [5, 5.41) is 3.61. The van der Waals surface area contributed by atoms with Crippen LogP contribution in [0, 0.1) is 5.92 Å². The van der Waals surface area contributed by atoms with Crippen LogP contribution >= 0.6 is 0 Å². The molecule has 0 radical (unpaired) electrons. The molecule has 19 heavy (non-hydrogen) atoms. The average Bonchev–Trinajstić information content (AvgIpc) is 2.41. The van der Waals surface area contributed by atoms with Gasteiger partial charge in [-0.25, -0.2) is 0 Å². The van der Waals surface area contributed by atoms with Crippen molar-refractivity contribution >= 4 is 0 Å². The molecule has 0 saturated heterocycles. The van der Waals surface area contributed by atoms with Gasteiger partial charge in [0.2, 0.25) is 0 Å². The fourth-order valence-corrected chi connectivity index (χ4v) is 2.49. The molecule has 1 N–H and O–H groups in total. The van der Waals surface area contributed by atoms with Gasteiger partial charge < -0.3 is 5.32 Å². The molecule has 1 aromatic rings. The molecule has 1 heteroatoms. The molecule has 0 bridgehead atoms. The smallest absolute Gasteiger partial charge is 0.00104 e. The van der Waals surface area contributed by atoms with Gasteiger partial charge >= 0.3 is 0 Å². The van der Waals surface area contributed by atoms with Crippen molar-refractivity contribution in [3.05, 3.63) is 35.9 Å². The Kier molecular flexibility index (Phi) is 8.57. The molecular formula is C18H31N. The van der Waals surface area contributed by atoms with Gasteiger partial charge in [0.25, 0.3) is 0 Å². The van der Waals surface area contributed by atoms with E-state index in [1.54, 1.807) is 0 Å². The van der Waals surface area contributed by atoms with Gasteiger partial charge in [-0.05, 0) is 30.9 Å². The van der Waals surface area contributed by atoms with Gasteiger partial charge in [-0.15, -0.1) is 0 Å². The van der Waals surface area contributed by atoms with E-state index < -0.39 is 0 Å². The lowest BCUT2D eigenvalue weighted by atomic mass is 9.93. The summed E-state index contributed by atoms with van der Waals surface area (Å²) in [5.74, 6) is 0.779. The van der Waals surface area contributed by atoms with E-state index in [4.69, 9.17) is 0 Å². The standard InChI is InChI=1S/C18H31N/c1-4-5-6-8-13-18(15-19-16(2)3)14-17-11-9-7-10-12-17/h7,9-12,16,18-19H,4-6,8,13-15H2,1-3H3. The Morgan fingerprint density at radius 1 is 1.00 bits per heavy atom. The third-order valence-electron chi connectivity index (χ3n) is 3.65. The van der Waals surface area contributed by atoms with Gasteiger partial charge in [0.05, 0.1) is 0 Å². The minimum atomic E-state index is 0.592. The number of nitrogens with one attached hydrogen (secondary N) is 1. The van der Waals surface area contributed by atoms with Gasteiger partial charge in [0.15, 0.2) is 0 Å². The maximum atomic E-state index is 3.61. The largest absolute Gasteiger partial charge is 0.314 e. The van der Waals surface area contributed by atoms with Gasteiger partial charge in [0.1, 0.15) is 0 Å². The third kappa shape index (κ3) is 8.05. The maximum Gasteiger partial charge on any atom is 0.00104 e. The Bertz CT molecular complexity index is 305. The number of unbranched alkanes of at least 4 members (excludes halogenated alkanes) is 3. The summed E-state index contributed by atoms with van der Waals surface area (Å²) in [6, 6.07) is 11.5. The first-order valence-electron chi connectivity index (χ1n) is 7.99. The van der Waals surface area contributed by atoms with E-state index in [1.165, 1.54) is 44.1 Å². The Morgan fingerprint density at radius 2 is 1.74 bits per heavy atom. The highest BCUT2D eigenvalue weighted by Gasteiger charge is 2.10. The molecular weight excluding hydrogens is 230 g/mol. The number of hydrogen-bond acceptors (Lipinski definition) is 1. The summed E-state index contributed by atoms with van der Waals surface area (Å²) in [6.45, 7) is 7.90. The van der Waals surface area contributed by atoms with E-state index in [0.717, 1.165) is 12.5 Å². The lowest BCUT2D eigenvalue weighted by Gasteiger charge is -2.19. The predicted octanol–water partition coefficient (Wildman–Crippen LogP) is 4.81. The van der Waals surface area contributed by atoms with Crippen molar-refractivity contribution in [2.24, 2.45) is 5.92 Å². The SMILES string of the molecule is CCCCCCC(CNC(C)C)Cc1ccccc1. The maximum absolute atomic E-state index is 3.61. The van der Waals surface area contributed by atoms with Gasteiger partial charge in [-0.3, -0.25) is 0 Å². The molecule has 0 spiro atoms. The Labute approximate surface area is 119 Å². The highest BCUT2D eigenvalue weighted by atomic mass is 14.9. The van der Waals surface area contributed by atoms with E-state index in [-0.39, 0.29) is 0 Å². The molecule has 0 amide bonds. The molecule has 0 aliphatic carbocycles. The first kappa shape index (κ1) is 16.2. The number of rotatable bonds is 10. The molecule has 108 valence electrons. The molecule has 1 unspecified atom stereocenters. The van der Waals surface area contributed by atoms with Crippen molar-refractivity contribution in [2.45, 2.75) is 65.3 Å². The molecule has 1 atom stereocenters. The topological polar surface area (TPSA) is 12.0 Å². The summed E-state index contributed by atoms with van der Waals surface area (Å²) in [7, 11) is 0. The second-order valence-corrected chi connectivity index (χ2v) is 5.97. The summed E-state index contributed by atoms with van der Waals surface area (Å²) in [6.07, 6.45) is 8.05. The third-order valence-corrected chi connectivity index (χ3v) is 3.65. The highest BCUT2D eigenvalue weighted by Crippen LogP contribution is 2.16. The molecule has 1 nitrogen and oxygen atoms in total. The fourth-order valence-electron chi connectivity index (χ4n) is 2.49. The molecule has 0 saturated carbocycles. The molecule has 0 aromatic heterocycles. The normalized spacial score (nSPS) is 12.8. The zero-order valence-corrected chi connectivity index (χ0v) is 13.0. The summed E-state index contributed by atoms with van der Waals surface area (Å²) >= 11 is 0. The van der Waals surface area contributed by atoms with Crippen molar-refractivity contribution in [2.75, 3.05) is 6.54 Å². The summed E-state index contributed by atoms with van der Waals surface area (Å²) in [4.78, 5) is 0. The van der Waals surface area contributed by atoms with E-state index in [0.29, 0.717) is 6.04 Å². The molecule has 0 heterocycles. The van der Waals surface area contributed by atoms with Gasteiger partial charge in [0, 0.05) is 6.04 Å². The summed E-state index contributed by atoms with van der Waals surface area (Å²) < 4.78 is 0. The van der Waals surface area contributed by atoms with Crippen molar-refractivity contribution < 1.29 is 0 Å². The van der Waals surface area contributed by atoms with Crippen LogP contribution in [0.2, 0.25) is 0 Å². The first-order valence-corrected chi connectivity index (χ1v) is 7.99. The van der Waals surface area contributed by atoms with Crippen molar-refractivity contribution in [3.8, 4) is 0 Å². The minimum Gasteiger partial charge on any atom is -0.314 e. The minimum absolute atomic E-state index is 0.592. The first-order chi connectivity index (χ1) is 9.22. The molecule has 0 aliphatic rings. The monoisotopic (exact) mass is 261 g/mol. The van der Waals surface area contributed by atoms with E-state index in [9.17, 15) is 0 Å². The van der Waals surface area contributed by atoms with Crippen LogP contribution in [0.4, 0.5) is 0 Å². The second-order valence-electron chi connectivity index (χ2n) is 5.97. The van der Waals surface area contributed by atoms with Crippen LogP contribution in [0.15, 0.2) is 30.3 Å². The van der Waals surface area contributed by atoms with Crippen LogP contribution < -0.4 is 5.32 Å². The average molecular weight is 261 g/mol. The van der Waals surface area contributed by atoms with Gasteiger partial charge in [-0.1, -0.05) is 76.8 Å². The molecule has 0 fully saturated rings. The Hall–Kier alpha value is -0.820. The zero-order valence-electron chi connectivity index (χ0n) is 13.0. The van der Waals surface area contributed by atoms with Crippen molar-refractivity contribution in [1.29, 1.82) is 0 Å². The fraction of sp³-hybridized carbons (Fsp3) is 0.667. The van der Waals surface area contributed by atoms with Crippen molar-refractivity contribution in [1.82, 2.24) is 5.32 Å². The lowest BCUT2D eigenvalue weighted by molar-refractivity contribution is 0.405. The van der Waals surface area contributed by atoms with E-state index in [1.807, 2.05) is 0 Å². The van der Waals surface area contributed by atoms with Crippen LogP contribution in [0.1, 0.15) is 58.4 Å². The van der Waals surface area contributed by atoms with Crippen LogP contribution in [-0.4, -0.2) is 12.6 Å². The number of hydrogen-bond donors (Lipinski definition) is 1. The zero-order chi connectivity index (χ0) is 13.9. The molecule has 1 rings (SSSR count).